The van der Waals surface area contributed by atoms with E-state index in [0.717, 1.165) is 24.0 Å². The highest BCUT2D eigenvalue weighted by Gasteiger charge is 2.29. The number of aliphatic hydroxyl groups excluding tert-OH is 1. The van der Waals surface area contributed by atoms with Gasteiger partial charge < -0.3 is 10.8 Å². The van der Waals surface area contributed by atoms with E-state index in [9.17, 15) is 9.50 Å². The molecule has 1 aliphatic carbocycles. The van der Waals surface area contributed by atoms with Crippen molar-refractivity contribution in [2.45, 2.75) is 44.8 Å². The first kappa shape index (κ1) is 12.5. The van der Waals surface area contributed by atoms with Crippen LogP contribution in [-0.4, -0.2) is 11.2 Å². The Bertz CT molecular complexity index is 388. The minimum atomic E-state index is -0.512. The van der Waals surface area contributed by atoms with Crippen molar-refractivity contribution in [3.05, 3.63) is 35.1 Å². The predicted molar refractivity (Wildman–Crippen MR) is 66.0 cm³/mol. The molecule has 0 radical (unpaired) electrons. The van der Waals surface area contributed by atoms with Crippen LogP contribution >= 0.6 is 0 Å². The topological polar surface area (TPSA) is 46.2 Å². The highest BCUT2D eigenvalue weighted by molar-refractivity contribution is 5.30. The van der Waals surface area contributed by atoms with Gasteiger partial charge >= 0.3 is 0 Å². The molecule has 0 amide bonds. The summed E-state index contributed by atoms with van der Waals surface area (Å²) in [5, 5.41) is 10.2. The molecule has 0 aliphatic heterocycles. The summed E-state index contributed by atoms with van der Waals surface area (Å²) in [4.78, 5) is 0. The summed E-state index contributed by atoms with van der Waals surface area (Å²) in [6.45, 7) is 1.83. The van der Waals surface area contributed by atoms with Gasteiger partial charge in [0.1, 0.15) is 5.82 Å². The predicted octanol–water partition coefficient (Wildman–Crippen LogP) is 2.69. The van der Waals surface area contributed by atoms with Crippen molar-refractivity contribution >= 4 is 0 Å². The van der Waals surface area contributed by atoms with Crippen LogP contribution in [0.3, 0.4) is 0 Å². The molecular formula is C14H20FNO. The molecule has 2 rings (SSSR count). The lowest BCUT2D eigenvalue weighted by Gasteiger charge is -2.25. The Morgan fingerprint density at radius 2 is 2.00 bits per heavy atom. The largest absolute Gasteiger partial charge is 0.391 e. The lowest BCUT2D eigenvalue weighted by atomic mass is 9.89. The zero-order valence-corrected chi connectivity index (χ0v) is 10.2. The normalized spacial score (nSPS) is 20.5. The third kappa shape index (κ3) is 2.67. The van der Waals surface area contributed by atoms with Crippen molar-refractivity contribution in [3.63, 3.8) is 0 Å². The molecule has 0 bridgehead atoms. The first-order valence-corrected chi connectivity index (χ1v) is 6.29. The van der Waals surface area contributed by atoms with Gasteiger partial charge in [0.2, 0.25) is 0 Å². The maximum absolute atomic E-state index is 13.0. The second kappa shape index (κ2) is 5.15. The van der Waals surface area contributed by atoms with Crippen molar-refractivity contribution in [2.24, 2.45) is 11.7 Å². The van der Waals surface area contributed by atoms with Crippen molar-refractivity contribution in [1.29, 1.82) is 0 Å². The first-order valence-electron chi connectivity index (χ1n) is 6.29. The van der Waals surface area contributed by atoms with Crippen LogP contribution in [0.5, 0.6) is 0 Å². The van der Waals surface area contributed by atoms with E-state index in [1.54, 1.807) is 6.07 Å². The summed E-state index contributed by atoms with van der Waals surface area (Å²) < 4.78 is 13.0. The molecule has 1 aromatic carbocycles. The minimum Gasteiger partial charge on any atom is -0.391 e. The molecule has 0 aromatic heterocycles. The van der Waals surface area contributed by atoms with E-state index in [2.05, 4.69) is 0 Å². The third-order valence-corrected chi connectivity index (χ3v) is 3.84. The molecule has 1 aliphatic rings. The van der Waals surface area contributed by atoms with Crippen LogP contribution < -0.4 is 5.73 Å². The molecule has 2 atom stereocenters. The number of aliphatic hydroxyl groups is 1. The van der Waals surface area contributed by atoms with Crippen molar-refractivity contribution in [2.75, 3.05) is 0 Å². The maximum Gasteiger partial charge on any atom is 0.123 e. The fourth-order valence-electron chi connectivity index (χ4n) is 2.79. The highest BCUT2D eigenvalue weighted by Crippen LogP contribution is 2.33. The Balaban J connectivity index is 2.15. The summed E-state index contributed by atoms with van der Waals surface area (Å²) in [5.41, 5.74) is 7.76. The monoisotopic (exact) mass is 237 g/mol. The van der Waals surface area contributed by atoms with E-state index in [-0.39, 0.29) is 5.82 Å². The summed E-state index contributed by atoms with van der Waals surface area (Å²) in [5.74, 6) is 0.0447. The van der Waals surface area contributed by atoms with E-state index in [1.807, 2.05) is 6.92 Å². The van der Waals surface area contributed by atoms with Gasteiger partial charge in [-0.25, -0.2) is 4.39 Å². The summed E-state index contributed by atoms with van der Waals surface area (Å²) in [6, 6.07) is 4.16. The Kier molecular flexibility index (Phi) is 3.79. The van der Waals surface area contributed by atoms with Crippen molar-refractivity contribution < 1.29 is 9.50 Å². The van der Waals surface area contributed by atoms with Crippen LogP contribution in [0.1, 0.15) is 42.9 Å². The maximum atomic E-state index is 13.0. The Morgan fingerprint density at radius 1 is 1.35 bits per heavy atom. The molecule has 17 heavy (non-hydrogen) atoms. The van der Waals surface area contributed by atoms with E-state index < -0.39 is 12.1 Å². The quantitative estimate of drug-likeness (QED) is 0.849. The summed E-state index contributed by atoms with van der Waals surface area (Å²) >= 11 is 0. The number of rotatable bonds is 3. The van der Waals surface area contributed by atoms with Gasteiger partial charge in [-0.2, -0.15) is 0 Å². The number of nitrogens with two attached hydrogens (primary N) is 1. The van der Waals surface area contributed by atoms with E-state index in [0.29, 0.717) is 5.92 Å². The van der Waals surface area contributed by atoms with Crippen LogP contribution in [-0.2, 0) is 0 Å². The van der Waals surface area contributed by atoms with E-state index >= 15 is 0 Å². The second-order valence-corrected chi connectivity index (χ2v) is 5.06. The average molecular weight is 237 g/mol. The Hall–Kier alpha value is -0.930. The molecule has 1 saturated carbocycles. The van der Waals surface area contributed by atoms with Crippen molar-refractivity contribution in [1.82, 2.24) is 0 Å². The van der Waals surface area contributed by atoms with Gasteiger partial charge in [-0.1, -0.05) is 18.9 Å². The zero-order chi connectivity index (χ0) is 12.4. The summed E-state index contributed by atoms with van der Waals surface area (Å²) in [6.07, 6.45) is 3.94. The van der Waals surface area contributed by atoms with Gasteiger partial charge in [0, 0.05) is 0 Å². The Morgan fingerprint density at radius 3 is 2.59 bits per heavy atom. The zero-order valence-electron chi connectivity index (χ0n) is 10.2. The number of hydrogen-bond donors (Lipinski definition) is 2. The SMILES string of the molecule is Cc1cc(F)ccc1[C@@H](N)[C@@H](O)C1CCCC1. The molecule has 0 saturated heterocycles. The average Bonchev–Trinajstić information content (AvgIpc) is 2.80. The standard InChI is InChI=1S/C14H20FNO/c1-9-8-11(15)6-7-12(9)13(16)14(17)10-4-2-3-5-10/h6-8,10,13-14,17H,2-5,16H2,1H3/t13-,14+/m1/s1. The molecule has 0 heterocycles. The lowest BCUT2D eigenvalue weighted by Crippen LogP contribution is -2.32. The van der Waals surface area contributed by atoms with Crippen LogP contribution in [0.2, 0.25) is 0 Å². The Labute approximate surface area is 102 Å². The van der Waals surface area contributed by atoms with Crippen LogP contribution in [0.15, 0.2) is 18.2 Å². The third-order valence-electron chi connectivity index (χ3n) is 3.84. The van der Waals surface area contributed by atoms with Gasteiger partial charge in [-0.05, 0) is 48.9 Å². The molecule has 1 aromatic rings. The van der Waals surface area contributed by atoms with Gasteiger partial charge in [-0.15, -0.1) is 0 Å². The van der Waals surface area contributed by atoms with Crippen LogP contribution in [0.4, 0.5) is 4.39 Å². The molecule has 94 valence electrons. The number of halogens is 1. The molecule has 2 nitrogen and oxygen atoms in total. The van der Waals surface area contributed by atoms with Gasteiger partial charge in [0.15, 0.2) is 0 Å². The van der Waals surface area contributed by atoms with Gasteiger partial charge in [0.25, 0.3) is 0 Å². The van der Waals surface area contributed by atoms with E-state index in [1.165, 1.54) is 25.0 Å². The van der Waals surface area contributed by atoms with Crippen molar-refractivity contribution in [3.8, 4) is 0 Å². The van der Waals surface area contributed by atoms with Gasteiger partial charge in [-0.3, -0.25) is 0 Å². The van der Waals surface area contributed by atoms with Crippen LogP contribution in [0.25, 0.3) is 0 Å². The molecule has 0 spiro atoms. The second-order valence-electron chi connectivity index (χ2n) is 5.06. The molecular weight excluding hydrogens is 217 g/mol. The molecule has 3 heteroatoms. The fraction of sp³-hybridized carbons (Fsp3) is 0.571. The summed E-state index contributed by atoms with van der Waals surface area (Å²) in [7, 11) is 0. The van der Waals surface area contributed by atoms with Gasteiger partial charge in [0.05, 0.1) is 12.1 Å². The van der Waals surface area contributed by atoms with E-state index in [4.69, 9.17) is 5.73 Å². The van der Waals surface area contributed by atoms with Crippen LogP contribution in [0, 0.1) is 18.7 Å². The minimum absolute atomic E-state index is 0.256. The number of hydrogen-bond acceptors (Lipinski definition) is 2. The molecule has 3 N–H and O–H groups in total. The smallest absolute Gasteiger partial charge is 0.123 e. The molecule has 0 unspecified atom stereocenters. The first-order chi connectivity index (χ1) is 8.09. The lowest BCUT2D eigenvalue weighted by molar-refractivity contribution is 0.0842. The number of benzene rings is 1. The fourth-order valence-corrected chi connectivity index (χ4v) is 2.79. The number of aryl methyl sites for hydroxylation is 1. The molecule has 1 fully saturated rings. The highest BCUT2D eigenvalue weighted by atomic mass is 19.1.